The number of methoxy groups -OCH3 is 2. The molecule has 0 heterocycles. The number of hydrogen-bond donors (Lipinski definition) is 0. The Morgan fingerprint density at radius 1 is 1.42 bits per heavy atom. The zero-order valence-corrected chi connectivity index (χ0v) is 12.9. The third-order valence-electron chi connectivity index (χ3n) is 4.33. The monoisotopic (exact) mass is 266 g/mol. The van der Waals surface area contributed by atoms with Crippen LogP contribution in [0, 0.1) is 17.3 Å². The molecule has 19 heavy (non-hydrogen) atoms. The van der Waals surface area contributed by atoms with Gasteiger partial charge >= 0.3 is 5.97 Å². The van der Waals surface area contributed by atoms with Gasteiger partial charge in [0, 0.05) is 13.0 Å². The topological polar surface area (TPSA) is 35.5 Å². The molecule has 0 fully saturated rings. The smallest absolute Gasteiger partial charge is 0.311 e. The lowest BCUT2D eigenvalue weighted by molar-refractivity contribution is -0.159. The van der Waals surface area contributed by atoms with E-state index >= 15 is 0 Å². The molecule has 0 aromatic heterocycles. The third-order valence-corrected chi connectivity index (χ3v) is 4.33. The van der Waals surface area contributed by atoms with E-state index in [-0.39, 0.29) is 23.9 Å². The number of rotatable bonds is 4. The van der Waals surface area contributed by atoms with Gasteiger partial charge in [-0.15, -0.1) is 0 Å². The van der Waals surface area contributed by atoms with Crippen LogP contribution in [0.5, 0.6) is 0 Å². The number of carbonyl (C=O) groups is 1. The molecule has 1 rings (SSSR count). The number of carbonyl (C=O) groups excluding carboxylic acids is 1. The molecule has 3 nitrogen and oxygen atoms in total. The van der Waals surface area contributed by atoms with Crippen LogP contribution < -0.4 is 0 Å². The van der Waals surface area contributed by atoms with Crippen LogP contribution in [0.3, 0.4) is 0 Å². The molecular weight excluding hydrogens is 240 g/mol. The maximum atomic E-state index is 12.1. The molecule has 1 aliphatic rings. The predicted molar refractivity (Wildman–Crippen MR) is 76.8 cm³/mol. The average molecular weight is 266 g/mol. The van der Waals surface area contributed by atoms with Crippen molar-refractivity contribution in [2.24, 2.45) is 17.3 Å². The lowest BCUT2D eigenvalue weighted by Crippen LogP contribution is -2.47. The Bertz CT molecular complexity index is 391. The third kappa shape index (κ3) is 2.92. The first kappa shape index (κ1) is 16.0. The van der Waals surface area contributed by atoms with Crippen molar-refractivity contribution in [1.82, 2.24) is 0 Å². The summed E-state index contributed by atoms with van der Waals surface area (Å²) in [4.78, 5) is 12.1. The van der Waals surface area contributed by atoms with Crippen molar-refractivity contribution in [3.05, 3.63) is 23.8 Å². The lowest BCUT2D eigenvalue weighted by Gasteiger charge is -2.44. The number of hydrogen-bond acceptors (Lipinski definition) is 3. The number of allylic oxidation sites excluding steroid dienone is 2. The first-order valence-electron chi connectivity index (χ1n) is 6.70. The summed E-state index contributed by atoms with van der Waals surface area (Å²) in [6, 6.07) is 0. The maximum absolute atomic E-state index is 12.1. The number of ether oxygens (including phenoxy) is 2. The minimum absolute atomic E-state index is 0.0486. The van der Waals surface area contributed by atoms with Gasteiger partial charge in [0.15, 0.2) is 0 Å². The maximum Gasteiger partial charge on any atom is 0.311 e. The summed E-state index contributed by atoms with van der Waals surface area (Å²) < 4.78 is 10.6. The molecule has 0 bridgehead atoms. The van der Waals surface area contributed by atoms with Crippen LogP contribution >= 0.6 is 0 Å². The van der Waals surface area contributed by atoms with Crippen molar-refractivity contribution in [3.63, 3.8) is 0 Å². The highest BCUT2D eigenvalue weighted by Gasteiger charge is 2.48. The fraction of sp³-hybridized carbons (Fsp3) is 0.688. The summed E-state index contributed by atoms with van der Waals surface area (Å²) in [5.41, 5.74) is 1.67. The molecule has 0 radical (unpaired) electrons. The first-order chi connectivity index (χ1) is 8.77. The van der Waals surface area contributed by atoms with Gasteiger partial charge in [0.05, 0.1) is 18.6 Å². The Morgan fingerprint density at radius 2 is 2.00 bits per heavy atom. The average Bonchev–Trinajstić information content (AvgIpc) is 2.36. The highest BCUT2D eigenvalue weighted by atomic mass is 16.5. The van der Waals surface area contributed by atoms with Crippen LogP contribution in [0.4, 0.5) is 0 Å². The van der Waals surface area contributed by atoms with Crippen molar-refractivity contribution >= 4 is 5.97 Å². The van der Waals surface area contributed by atoms with E-state index in [2.05, 4.69) is 19.6 Å². The van der Waals surface area contributed by atoms with E-state index in [1.165, 1.54) is 12.7 Å². The molecule has 0 spiro atoms. The van der Waals surface area contributed by atoms with Crippen molar-refractivity contribution in [1.29, 1.82) is 0 Å². The lowest BCUT2D eigenvalue weighted by atomic mass is 9.62. The van der Waals surface area contributed by atoms with Crippen LogP contribution in [-0.2, 0) is 14.3 Å². The zero-order valence-electron chi connectivity index (χ0n) is 12.9. The molecule has 0 aliphatic heterocycles. The summed E-state index contributed by atoms with van der Waals surface area (Å²) in [5, 5.41) is 0. The van der Waals surface area contributed by atoms with Crippen LogP contribution in [0.25, 0.3) is 0 Å². The molecular formula is C16H26O3. The van der Waals surface area contributed by atoms with Crippen molar-refractivity contribution < 1.29 is 14.3 Å². The van der Waals surface area contributed by atoms with E-state index in [0.29, 0.717) is 0 Å². The Hall–Kier alpha value is -1.09. The summed E-state index contributed by atoms with van der Waals surface area (Å²) in [6.07, 6.45) is 3.04. The predicted octanol–water partition coefficient (Wildman–Crippen LogP) is 3.36. The largest absolute Gasteiger partial charge is 0.469 e. The minimum Gasteiger partial charge on any atom is -0.469 e. The van der Waals surface area contributed by atoms with Gasteiger partial charge < -0.3 is 9.47 Å². The van der Waals surface area contributed by atoms with Crippen molar-refractivity contribution in [3.8, 4) is 0 Å². The van der Waals surface area contributed by atoms with E-state index in [1.54, 1.807) is 7.11 Å². The molecule has 3 unspecified atom stereocenters. The second kappa shape index (κ2) is 5.91. The molecule has 0 aromatic rings. The van der Waals surface area contributed by atoms with Crippen molar-refractivity contribution in [2.45, 2.75) is 40.2 Å². The van der Waals surface area contributed by atoms with Gasteiger partial charge in [-0.2, -0.15) is 0 Å². The Labute approximate surface area is 116 Å². The molecule has 3 heteroatoms. The Morgan fingerprint density at radius 3 is 2.42 bits per heavy atom. The Balaban J connectivity index is 3.25. The molecule has 108 valence electrons. The van der Waals surface area contributed by atoms with Crippen LogP contribution in [0.2, 0.25) is 0 Å². The van der Waals surface area contributed by atoms with Gasteiger partial charge in [-0.1, -0.05) is 18.2 Å². The normalized spacial score (nSPS) is 27.7. The SMILES string of the molecule is C=C(C)C1CC=C(C)C(OC)C1C(C)(C)C(=O)OC. The van der Waals surface area contributed by atoms with Crippen LogP contribution in [-0.4, -0.2) is 26.3 Å². The molecule has 0 saturated heterocycles. The second-order valence-corrected chi connectivity index (χ2v) is 6.03. The molecule has 3 atom stereocenters. The second-order valence-electron chi connectivity index (χ2n) is 6.03. The fourth-order valence-electron chi connectivity index (χ4n) is 3.19. The van der Waals surface area contributed by atoms with E-state index < -0.39 is 5.41 Å². The highest BCUT2D eigenvalue weighted by Crippen LogP contribution is 2.46. The van der Waals surface area contributed by atoms with E-state index in [4.69, 9.17) is 9.47 Å². The first-order valence-corrected chi connectivity index (χ1v) is 6.70. The quantitative estimate of drug-likeness (QED) is 0.578. The fourth-order valence-corrected chi connectivity index (χ4v) is 3.19. The molecule has 1 aliphatic carbocycles. The molecule has 0 aromatic carbocycles. The van der Waals surface area contributed by atoms with Crippen LogP contribution in [0.15, 0.2) is 23.8 Å². The summed E-state index contributed by atoms with van der Waals surface area (Å²) in [7, 11) is 3.14. The summed E-state index contributed by atoms with van der Waals surface area (Å²) >= 11 is 0. The minimum atomic E-state index is -0.603. The zero-order chi connectivity index (χ0) is 14.8. The molecule has 0 amide bonds. The standard InChI is InChI=1S/C16H26O3/c1-10(2)12-9-8-11(3)14(18-6)13(12)16(4,5)15(17)19-7/h8,12-14H,1,9H2,2-7H3. The van der Waals surface area contributed by atoms with Gasteiger partial charge in [-0.05, 0) is 45.6 Å². The molecule has 0 saturated carbocycles. The van der Waals surface area contributed by atoms with Gasteiger partial charge in [0.2, 0.25) is 0 Å². The van der Waals surface area contributed by atoms with E-state index in [9.17, 15) is 4.79 Å². The highest BCUT2D eigenvalue weighted by molar-refractivity contribution is 5.76. The van der Waals surface area contributed by atoms with Crippen molar-refractivity contribution in [2.75, 3.05) is 14.2 Å². The summed E-state index contributed by atoms with van der Waals surface area (Å²) in [6.45, 7) is 12.0. The number of esters is 1. The van der Waals surface area contributed by atoms with Gasteiger partial charge in [0.25, 0.3) is 0 Å². The van der Waals surface area contributed by atoms with E-state index in [0.717, 1.165) is 12.0 Å². The Kier molecular flexibility index (Phi) is 4.97. The van der Waals surface area contributed by atoms with Gasteiger partial charge in [-0.25, -0.2) is 0 Å². The van der Waals surface area contributed by atoms with Gasteiger partial charge in [-0.3, -0.25) is 4.79 Å². The molecule has 0 N–H and O–H groups in total. The van der Waals surface area contributed by atoms with E-state index in [1.807, 2.05) is 20.8 Å². The van der Waals surface area contributed by atoms with Crippen LogP contribution in [0.1, 0.15) is 34.1 Å². The van der Waals surface area contributed by atoms with Gasteiger partial charge in [0.1, 0.15) is 0 Å². The summed E-state index contributed by atoms with van der Waals surface area (Å²) in [5.74, 6) is 0.0932.